The van der Waals surface area contributed by atoms with Crippen LogP contribution in [0.25, 0.3) is 0 Å². The Labute approximate surface area is 114 Å². The predicted molar refractivity (Wildman–Crippen MR) is 78.8 cm³/mol. The van der Waals surface area contributed by atoms with Crippen molar-refractivity contribution >= 4 is 5.69 Å². The zero-order chi connectivity index (χ0) is 13.7. The van der Waals surface area contributed by atoms with Gasteiger partial charge < -0.3 is 10.3 Å². The van der Waals surface area contributed by atoms with Gasteiger partial charge in [-0.2, -0.15) is 0 Å². The molecule has 2 rings (SSSR count). The van der Waals surface area contributed by atoms with E-state index in [1.54, 1.807) is 0 Å². The number of hydrogen-bond donors (Lipinski definition) is 1. The second-order valence-corrected chi connectivity index (χ2v) is 4.78. The minimum absolute atomic E-state index is 0.820. The molecule has 0 amide bonds. The highest BCUT2D eigenvalue weighted by Gasteiger charge is 2.05. The van der Waals surface area contributed by atoms with Crippen molar-refractivity contribution in [1.29, 1.82) is 0 Å². The number of anilines is 1. The summed E-state index contributed by atoms with van der Waals surface area (Å²) in [4.78, 5) is 6.67. The number of aromatic nitrogens is 2. The SMILES string of the molecule is CCN(CCn1ccnc1C)Cc1ccc(N)cc1. The first-order chi connectivity index (χ1) is 9.19. The number of benzene rings is 1. The highest BCUT2D eigenvalue weighted by Crippen LogP contribution is 2.09. The lowest BCUT2D eigenvalue weighted by molar-refractivity contribution is 0.267. The quantitative estimate of drug-likeness (QED) is 0.809. The van der Waals surface area contributed by atoms with Gasteiger partial charge in [-0.3, -0.25) is 4.90 Å². The molecule has 0 bridgehead atoms. The Morgan fingerprint density at radius 3 is 2.58 bits per heavy atom. The molecular weight excluding hydrogens is 236 g/mol. The molecule has 2 N–H and O–H groups in total. The molecule has 0 unspecified atom stereocenters. The summed E-state index contributed by atoms with van der Waals surface area (Å²) in [6.07, 6.45) is 3.89. The van der Waals surface area contributed by atoms with Gasteiger partial charge >= 0.3 is 0 Å². The molecule has 0 saturated carbocycles. The van der Waals surface area contributed by atoms with Crippen molar-refractivity contribution in [2.45, 2.75) is 26.9 Å². The van der Waals surface area contributed by atoms with Gasteiger partial charge in [0.15, 0.2) is 0 Å². The molecule has 102 valence electrons. The lowest BCUT2D eigenvalue weighted by atomic mass is 10.2. The molecular formula is C15H22N4. The fourth-order valence-corrected chi connectivity index (χ4v) is 2.12. The minimum atomic E-state index is 0.820. The first-order valence-electron chi connectivity index (χ1n) is 6.73. The van der Waals surface area contributed by atoms with Crippen molar-refractivity contribution < 1.29 is 0 Å². The number of likely N-dealkylation sites (N-methyl/N-ethyl adjacent to an activating group) is 1. The van der Waals surface area contributed by atoms with Crippen LogP contribution in [0.3, 0.4) is 0 Å². The van der Waals surface area contributed by atoms with Gasteiger partial charge in [0.05, 0.1) is 0 Å². The Balaban J connectivity index is 1.90. The van der Waals surface area contributed by atoms with E-state index in [0.717, 1.165) is 37.7 Å². The Morgan fingerprint density at radius 2 is 2.00 bits per heavy atom. The molecule has 4 nitrogen and oxygen atoms in total. The van der Waals surface area contributed by atoms with Gasteiger partial charge in [0, 0.05) is 37.7 Å². The maximum absolute atomic E-state index is 5.71. The molecule has 0 aliphatic heterocycles. The largest absolute Gasteiger partial charge is 0.399 e. The van der Waals surface area contributed by atoms with Gasteiger partial charge in [-0.15, -0.1) is 0 Å². The smallest absolute Gasteiger partial charge is 0.105 e. The fourth-order valence-electron chi connectivity index (χ4n) is 2.12. The Hall–Kier alpha value is -1.81. The third-order valence-corrected chi connectivity index (χ3v) is 3.41. The van der Waals surface area contributed by atoms with Crippen molar-refractivity contribution in [2.75, 3.05) is 18.8 Å². The van der Waals surface area contributed by atoms with E-state index < -0.39 is 0 Å². The summed E-state index contributed by atoms with van der Waals surface area (Å²) in [5.41, 5.74) is 7.83. The number of hydrogen-bond acceptors (Lipinski definition) is 3. The molecule has 4 heteroatoms. The molecule has 0 fully saturated rings. The number of nitrogen functional groups attached to an aromatic ring is 1. The Kier molecular flexibility index (Phi) is 4.58. The highest BCUT2D eigenvalue weighted by molar-refractivity contribution is 5.39. The van der Waals surface area contributed by atoms with Gasteiger partial charge in [-0.1, -0.05) is 19.1 Å². The predicted octanol–water partition coefficient (Wildman–Crippen LogP) is 2.30. The molecule has 0 aliphatic rings. The molecule has 19 heavy (non-hydrogen) atoms. The molecule has 0 atom stereocenters. The third-order valence-electron chi connectivity index (χ3n) is 3.41. The number of rotatable bonds is 6. The topological polar surface area (TPSA) is 47.1 Å². The monoisotopic (exact) mass is 258 g/mol. The maximum Gasteiger partial charge on any atom is 0.105 e. The van der Waals surface area contributed by atoms with Crippen LogP contribution in [-0.2, 0) is 13.1 Å². The fraction of sp³-hybridized carbons (Fsp3) is 0.400. The van der Waals surface area contributed by atoms with Crippen LogP contribution in [0.15, 0.2) is 36.7 Å². The van der Waals surface area contributed by atoms with Crippen molar-refractivity contribution in [1.82, 2.24) is 14.5 Å². The maximum atomic E-state index is 5.71. The standard InChI is InChI=1S/C15H22N4/c1-3-18(10-11-19-9-8-17-13(19)2)12-14-4-6-15(16)7-5-14/h4-9H,3,10-12,16H2,1-2H3. The van der Waals surface area contributed by atoms with Crippen LogP contribution in [0, 0.1) is 6.92 Å². The summed E-state index contributed by atoms with van der Waals surface area (Å²) in [7, 11) is 0. The van der Waals surface area contributed by atoms with Crippen molar-refractivity contribution in [3.63, 3.8) is 0 Å². The molecule has 1 aromatic carbocycles. The van der Waals surface area contributed by atoms with Crippen LogP contribution < -0.4 is 5.73 Å². The van der Waals surface area contributed by atoms with E-state index in [1.807, 2.05) is 31.5 Å². The third kappa shape index (κ3) is 3.83. The van der Waals surface area contributed by atoms with Gasteiger partial charge in [-0.25, -0.2) is 4.98 Å². The van der Waals surface area contributed by atoms with Crippen LogP contribution in [0.1, 0.15) is 18.3 Å². The van der Waals surface area contributed by atoms with Gasteiger partial charge in [0.25, 0.3) is 0 Å². The second kappa shape index (κ2) is 6.38. The summed E-state index contributed by atoms with van der Waals surface area (Å²) in [6, 6.07) is 8.12. The average Bonchev–Trinajstić information content (AvgIpc) is 2.82. The van der Waals surface area contributed by atoms with Crippen LogP contribution >= 0.6 is 0 Å². The van der Waals surface area contributed by atoms with Crippen LogP contribution in [-0.4, -0.2) is 27.5 Å². The first kappa shape index (κ1) is 13.6. The van der Waals surface area contributed by atoms with E-state index >= 15 is 0 Å². The molecule has 0 aliphatic carbocycles. The summed E-state index contributed by atoms with van der Waals surface area (Å²) in [6.45, 7) is 8.24. The Morgan fingerprint density at radius 1 is 1.26 bits per heavy atom. The van der Waals surface area contributed by atoms with Crippen LogP contribution in [0.5, 0.6) is 0 Å². The molecule has 1 heterocycles. The number of nitrogens with zero attached hydrogens (tertiary/aromatic N) is 3. The summed E-state index contributed by atoms with van der Waals surface area (Å²) in [5, 5.41) is 0. The average molecular weight is 258 g/mol. The summed E-state index contributed by atoms with van der Waals surface area (Å²) in [5.74, 6) is 1.07. The van der Waals surface area contributed by atoms with E-state index in [2.05, 4.69) is 33.5 Å². The molecule has 0 saturated heterocycles. The van der Waals surface area contributed by atoms with Crippen molar-refractivity contribution in [3.8, 4) is 0 Å². The zero-order valence-corrected chi connectivity index (χ0v) is 11.7. The molecule has 0 spiro atoms. The van der Waals surface area contributed by atoms with Gasteiger partial charge in [0.1, 0.15) is 5.82 Å². The van der Waals surface area contributed by atoms with E-state index in [4.69, 9.17) is 5.73 Å². The second-order valence-electron chi connectivity index (χ2n) is 4.78. The lowest BCUT2D eigenvalue weighted by Gasteiger charge is -2.21. The Bertz CT molecular complexity index is 501. The number of nitrogens with two attached hydrogens (primary N) is 1. The van der Waals surface area contributed by atoms with Gasteiger partial charge in [-0.05, 0) is 31.2 Å². The molecule has 0 radical (unpaired) electrons. The lowest BCUT2D eigenvalue weighted by Crippen LogP contribution is -2.27. The number of imidazole rings is 1. The van der Waals surface area contributed by atoms with E-state index in [1.165, 1.54) is 5.56 Å². The van der Waals surface area contributed by atoms with Crippen molar-refractivity contribution in [3.05, 3.63) is 48.0 Å². The summed E-state index contributed by atoms with van der Waals surface area (Å²) < 4.78 is 2.19. The van der Waals surface area contributed by atoms with E-state index in [-0.39, 0.29) is 0 Å². The minimum Gasteiger partial charge on any atom is -0.399 e. The first-order valence-corrected chi connectivity index (χ1v) is 6.73. The van der Waals surface area contributed by atoms with Gasteiger partial charge in [0.2, 0.25) is 0 Å². The van der Waals surface area contributed by atoms with Crippen molar-refractivity contribution in [2.24, 2.45) is 0 Å². The number of aryl methyl sites for hydroxylation is 1. The van der Waals surface area contributed by atoms with Crippen LogP contribution in [0.2, 0.25) is 0 Å². The summed E-state index contributed by atoms with van der Waals surface area (Å²) >= 11 is 0. The zero-order valence-electron chi connectivity index (χ0n) is 11.7. The van der Waals surface area contributed by atoms with E-state index in [0.29, 0.717) is 0 Å². The highest BCUT2D eigenvalue weighted by atomic mass is 15.2. The van der Waals surface area contributed by atoms with Crippen LogP contribution in [0.4, 0.5) is 5.69 Å². The normalized spacial score (nSPS) is 11.1. The molecule has 1 aromatic heterocycles. The molecule has 2 aromatic rings. The van der Waals surface area contributed by atoms with E-state index in [9.17, 15) is 0 Å².